The third-order valence-electron chi connectivity index (χ3n) is 3.99. The van der Waals surface area contributed by atoms with Gasteiger partial charge in [-0.15, -0.1) is 11.3 Å². The standard InChI is InChI=1S/C21H18N6O2S/c22-20-25-17(26-21(27-20)24-15-9-5-2-6-10-15)12-29-18(28)11-16-13-30-19(23-16)14-7-3-1-4-8-14/h1-10,13H,11-12H2,(H3,22,24,25,26,27). The molecule has 30 heavy (non-hydrogen) atoms. The van der Waals surface area contributed by atoms with Gasteiger partial charge in [0.2, 0.25) is 11.9 Å². The Balaban J connectivity index is 1.35. The molecule has 9 heteroatoms. The van der Waals surface area contributed by atoms with E-state index in [1.54, 1.807) is 0 Å². The number of carbonyl (C=O) groups is 1. The van der Waals surface area contributed by atoms with Crippen LogP contribution in [0.4, 0.5) is 17.6 Å². The quantitative estimate of drug-likeness (QED) is 0.437. The summed E-state index contributed by atoms with van der Waals surface area (Å²) >= 11 is 1.49. The Hall–Kier alpha value is -3.85. The van der Waals surface area contributed by atoms with Crippen LogP contribution in [0.3, 0.4) is 0 Å². The van der Waals surface area contributed by atoms with Gasteiger partial charge in [0.1, 0.15) is 5.01 Å². The van der Waals surface area contributed by atoms with E-state index >= 15 is 0 Å². The third-order valence-corrected chi connectivity index (χ3v) is 4.93. The van der Waals surface area contributed by atoms with Crippen molar-refractivity contribution in [2.45, 2.75) is 13.0 Å². The van der Waals surface area contributed by atoms with Gasteiger partial charge in [-0.3, -0.25) is 4.79 Å². The van der Waals surface area contributed by atoms with Crippen molar-refractivity contribution in [1.82, 2.24) is 19.9 Å². The number of carbonyl (C=O) groups excluding carboxylic acids is 1. The van der Waals surface area contributed by atoms with Gasteiger partial charge in [-0.1, -0.05) is 48.5 Å². The molecule has 0 spiro atoms. The maximum Gasteiger partial charge on any atom is 0.312 e. The summed E-state index contributed by atoms with van der Waals surface area (Å²) in [4.78, 5) is 29.0. The van der Waals surface area contributed by atoms with Crippen LogP contribution in [-0.2, 0) is 22.6 Å². The maximum atomic E-state index is 12.2. The fourth-order valence-electron chi connectivity index (χ4n) is 2.65. The van der Waals surface area contributed by atoms with E-state index in [0.29, 0.717) is 5.69 Å². The van der Waals surface area contributed by atoms with Crippen molar-refractivity contribution in [3.63, 3.8) is 0 Å². The second-order valence-corrected chi connectivity index (χ2v) is 7.13. The predicted molar refractivity (Wildman–Crippen MR) is 115 cm³/mol. The van der Waals surface area contributed by atoms with Crippen LogP contribution in [0.15, 0.2) is 66.0 Å². The highest BCUT2D eigenvalue weighted by Gasteiger charge is 2.12. The van der Waals surface area contributed by atoms with Crippen LogP contribution in [0, 0.1) is 0 Å². The van der Waals surface area contributed by atoms with E-state index in [4.69, 9.17) is 10.5 Å². The molecule has 0 fully saturated rings. The van der Waals surface area contributed by atoms with Gasteiger partial charge in [-0.05, 0) is 12.1 Å². The van der Waals surface area contributed by atoms with Gasteiger partial charge in [-0.25, -0.2) is 4.98 Å². The molecule has 0 bridgehead atoms. The molecule has 0 aliphatic heterocycles. The maximum absolute atomic E-state index is 12.2. The fraction of sp³-hybridized carbons (Fsp3) is 0.0952. The number of anilines is 3. The SMILES string of the molecule is Nc1nc(COC(=O)Cc2csc(-c3ccccc3)n2)nc(Nc2ccccc2)n1. The normalized spacial score (nSPS) is 10.5. The number of nitrogen functional groups attached to an aromatic ring is 1. The first-order valence-electron chi connectivity index (χ1n) is 9.13. The van der Waals surface area contributed by atoms with Crippen molar-refractivity contribution in [2.75, 3.05) is 11.1 Å². The van der Waals surface area contributed by atoms with Crippen molar-refractivity contribution in [3.8, 4) is 10.6 Å². The van der Waals surface area contributed by atoms with Crippen LogP contribution in [-0.4, -0.2) is 25.9 Å². The Labute approximate surface area is 176 Å². The molecule has 0 saturated carbocycles. The number of nitrogens with two attached hydrogens (primary N) is 1. The van der Waals surface area contributed by atoms with Crippen molar-refractivity contribution in [3.05, 3.63) is 77.6 Å². The Bertz CT molecular complexity index is 1130. The van der Waals surface area contributed by atoms with Crippen molar-refractivity contribution >= 4 is 34.9 Å². The molecule has 0 unspecified atom stereocenters. The number of ether oxygens (including phenoxy) is 1. The highest BCUT2D eigenvalue weighted by molar-refractivity contribution is 7.13. The Morgan fingerprint density at radius 3 is 2.47 bits per heavy atom. The number of para-hydroxylation sites is 1. The predicted octanol–water partition coefficient (Wildman–Crippen LogP) is 3.61. The minimum absolute atomic E-state index is 0.0430. The molecule has 150 valence electrons. The van der Waals surface area contributed by atoms with Crippen LogP contribution in [0.2, 0.25) is 0 Å². The molecular weight excluding hydrogens is 400 g/mol. The highest BCUT2D eigenvalue weighted by Crippen LogP contribution is 2.23. The summed E-state index contributed by atoms with van der Waals surface area (Å²) in [5, 5.41) is 5.75. The Kier molecular flexibility index (Phi) is 5.90. The highest BCUT2D eigenvalue weighted by atomic mass is 32.1. The fourth-order valence-corrected chi connectivity index (χ4v) is 3.48. The summed E-state index contributed by atoms with van der Waals surface area (Å²) in [7, 11) is 0. The zero-order valence-corrected chi connectivity index (χ0v) is 16.7. The average molecular weight is 418 g/mol. The molecule has 2 aromatic carbocycles. The Morgan fingerprint density at radius 2 is 1.70 bits per heavy atom. The lowest BCUT2D eigenvalue weighted by Crippen LogP contribution is -2.12. The molecule has 2 aromatic heterocycles. The summed E-state index contributed by atoms with van der Waals surface area (Å²) in [6.07, 6.45) is 0.0685. The molecule has 3 N–H and O–H groups in total. The Morgan fingerprint density at radius 1 is 0.967 bits per heavy atom. The number of aromatic nitrogens is 4. The lowest BCUT2D eigenvalue weighted by Gasteiger charge is -2.07. The number of esters is 1. The van der Waals surface area contributed by atoms with E-state index in [1.165, 1.54) is 11.3 Å². The molecule has 0 saturated heterocycles. The van der Waals surface area contributed by atoms with Gasteiger partial charge in [0.05, 0.1) is 12.1 Å². The minimum atomic E-state index is -0.420. The number of nitrogens with one attached hydrogen (secondary N) is 1. The molecule has 2 heterocycles. The summed E-state index contributed by atoms with van der Waals surface area (Å²) in [5.74, 6) is 0.169. The van der Waals surface area contributed by atoms with E-state index in [1.807, 2.05) is 66.0 Å². The minimum Gasteiger partial charge on any atom is -0.457 e. The van der Waals surface area contributed by atoms with E-state index in [9.17, 15) is 4.79 Å². The first-order chi connectivity index (χ1) is 14.7. The first-order valence-corrected chi connectivity index (χ1v) is 10.0. The number of rotatable bonds is 7. The average Bonchev–Trinajstić information content (AvgIpc) is 3.22. The van der Waals surface area contributed by atoms with E-state index in [0.717, 1.165) is 16.3 Å². The molecule has 0 radical (unpaired) electrons. The van der Waals surface area contributed by atoms with Crippen molar-refractivity contribution in [1.29, 1.82) is 0 Å². The van der Waals surface area contributed by atoms with E-state index < -0.39 is 5.97 Å². The molecule has 0 atom stereocenters. The second kappa shape index (κ2) is 9.10. The molecular formula is C21H18N6O2S. The summed E-state index contributed by atoms with van der Waals surface area (Å²) in [6, 6.07) is 19.2. The monoisotopic (exact) mass is 418 g/mol. The van der Waals surface area contributed by atoms with Crippen LogP contribution in [0.1, 0.15) is 11.5 Å². The molecule has 0 aliphatic rings. The zero-order valence-electron chi connectivity index (χ0n) is 15.9. The lowest BCUT2D eigenvalue weighted by molar-refractivity contribution is -0.144. The smallest absolute Gasteiger partial charge is 0.312 e. The van der Waals surface area contributed by atoms with Crippen LogP contribution in [0.5, 0.6) is 0 Å². The molecule has 4 aromatic rings. The molecule has 4 rings (SSSR count). The summed E-state index contributed by atoms with van der Waals surface area (Å²) < 4.78 is 5.30. The van der Waals surface area contributed by atoms with Gasteiger partial charge >= 0.3 is 5.97 Å². The van der Waals surface area contributed by atoms with Gasteiger partial charge in [0.25, 0.3) is 0 Å². The molecule has 8 nitrogen and oxygen atoms in total. The number of hydrogen-bond acceptors (Lipinski definition) is 9. The number of nitrogens with zero attached hydrogens (tertiary/aromatic N) is 4. The number of benzene rings is 2. The van der Waals surface area contributed by atoms with Gasteiger partial charge in [0.15, 0.2) is 12.4 Å². The molecule has 0 amide bonds. The largest absolute Gasteiger partial charge is 0.457 e. The number of thiazole rings is 1. The van der Waals surface area contributed by atoms with Crippen molar-refractivity contribution in [2.24, 2.45) is 0 Å². The van der Waals surface area contributed by atoms with Crippen LogP contribution >= 0.6 is 11.3 Å². The van der Waals surface area contributed by atoms with Gasteiger partial charge in [0, 0.05) is 16.6 Å². The van der Waals surface area contributed by atoms with Gasteiger partial charge in [-0.2, -0.15) is 15.0 Å². The van der Waals surface area contributed by atoms with E-state index in [2.05, 4.69) is 25.3 Å². The summed E-state index contributed by atoms with van der Waals surface area (Å²) in [5.41, 5.74) is 8.23. The number of hydrogen-bond donors (Lipinski definition) is 2. The zero-order chi connectivity index (χ0) is 20.8. The third kappa shape index (κ3) is 5.15. The van der Waals surface area contributed by atoms with Crippen molar-refractivity contribution < 1.29 is 9.53 Å². The summed E-state index contributed by atoms with van der Waals surface area (Å²) in [6.45, 7) is -0.106. The van der Waals surface area contributed by atoms with Crippen LogP contribution in [0.25, 0.3) is 10.6 Å². The van der Waals surface area contributed by atoms with Gasteiger partial charge < -0.3 is 15.8 Å². The van der Waals surface area contributed by atoms with E-state index in [-0.39, 0.29) is 30.7 Å². The second-order valence-electron chi connectivity index (χ2n) is 6.27. The molecule has 0 aliphatic carbocycles. The van der Waals surface area contributed by atoms with Crippen LogP contribution < -0.4 is 11.1 Å². The lowest BCUT2D eigenvalue weighted by atomic mass is 10.2. The topological polar surface area (TPSA) is 116 Å². The first kappa shape index (κ1) is 19.5.